The number of hydrogen-bond donors (Lipinski definition) is 2. The van der Waals surface area contributed by atoms with E-state index in [1.54, 1.807) is 44.1 Å². The third kappa shape index (κ3) is 4.85. The number of benzene rings is 3. The molecule has 0 amide bonds. The number of anilines is 3. The summed E-state index contributed by atoms with van der Waals surface area (Å²) in [5.74, 6) is 2.25. The summed E-state index contributed by atoms with van der Waals surface area (Å²) in [6.07, 6.45) is 1.40. The minimum absolute atomic E-state index is 0.233. The van der Waals surface area contributed by atoms with Gasteiger partial charge in [-0.25, -0.2) is 23.9 Å². The van der Waals surface area contributed by atoms with Gasteiger partial charge >= 0.3 is 0 Å². The van der Waals surface area contributed by atoms with E-state index in [1.165, 1.54) is 12.4 Å². The van der Waals surface area contributed by atoms with Crippen LogP contribution in [0.25, 0.3) is 17.0 Å². The van der Waals surface area contributed by atoms with Gasteiger partial charge in [0.1, 0.15) is 12.1 Å². The molecule has 11 heteroatoms. The van der Waals surface area contributed by atoms with E-state index in [1.807, 2.05) is 37.3 Å². The van der Waals surface area contributed by atoms with Gasteiger partial charge in [-0.15, -0.1) is 0 Å². The maximum Gasteiger partial charge on any atom is 0.241 e. The van der Waals surface area contributed by atoms with E-state index < -0.39 is 0 Å². The number of para-hydroxylation sites is 2. The number of aromatic nitrogens is 5. The van der Waals surface area contributed by atoms with Crippen molar-refractivity contribution < 1.29 is 18.6 Å². The van der Waals surface area contributed by atoms with Gasteiger partial charge in [-0.3, -0.25) is 0 Å². The van der Waals surface area contributed by atoms with E-state index in [-0.39, 0.29) is 18.3 Å². The molecule has 3 aromatic carbocycles. The summed E-state index contributed by atoms with van der Waals surface area (Å²) < 4.78 is 32.5. The molecule has 5 aromatic rings. The van der Waals surface area contributed by atoms with Crippen LogP contribution in [0.15, 0.2) is 60.9 Å². The van der Waals surface area contributed by atoms with E-state index in [0.29, 0.717) is 40.4 Å². The Labute approximate surface area is 218 Å². The fourth-order valence-electron chi connectivity index (χ4n) is 4.05. The van der Waals surface area contributed by atoms with Crippen molar-refractivity contribution in [3.8, 4) is 23.2 Å². The lowest BCUT2D eigenvalue weighted by Gasteiger charge is -2.15. The van der Waals surface area contributed by atoms with Crippen molar-refractivity contribution in [3.63, 3.8) is 0 Å². The van der Waals surface area contributed by atoms with E-state index in [4.69, 9.17) is 19.2 Å². The molecule has 194 valence electrons. The maximum absolute atomic E-state index is 14.5. The molecule has 38 heavy (non-hydrogen) atoms. The van der Waals surface area contributed by atoms with Crippen LogP contribution in [-0.4, -0.2) is 45.8 Å². The summed E-state index contributed by atoms with van der Waals surface area (Å²) in [5, 5.41) is 6.40. The van der Waals surface area contributed by atoms with Gasteiger partial charge in [0.2, 0.25) is 23.6 Å². The minimum atomic E-state index is -0.280. The molecule has 2 heterocycles. The summed E-state index contributed by atoms with van der Waals surface area (Å²) in [4.78, 5) is 18.0. The smallest absolute Gasteiger partial charge is 0.241 e. The Bertz CT molecular complexity index is 1580. The van der Waals surface area contributed by atoms with Gasteiger partial charge in [-0.1, -0.05) is 24.3 Å². The maximum atomic E-state index is 14.5. The molecule has 0 radical (unpaired) electrons. The average Bonchev–Trinajstić information content (AvgIpc) is 3.30. The van der Waals surface area contributed by atoms with Crippen molar-refractivity contribution in [2.24, 2.45) is 0 Å². The van der Waals surface area contributed by atoms with Gasteiger partial charge in [0.05, 0.1) is 32.4 Å². The highest BCUT2D eigenvalue weighted by Gasteiger charge is 2.17. The third-order valence-corrected chi connectivity index (χ3v) is 5.89. The Morgan fingerprint density at radius 1 is 0.895 bits per heavy atom. The Balaban J connectivity index is 1.50. The molecule has 0 aliphatic carbocycles. The SMILES string of the molecule is COc1cc(Nc2ncnc(-n3c(NCc4ccc(C)cc4F)nc4ccccc43)n2)cc(OC)c1OC. The van der Waals surface area contributed by atoms with E-state index >= 15 is 0 Å². The average molecular weight is 516 g/mol. The van der Waals surface area contributed by atoms with Gasteiger partial charge < -0.3 is 24.8 Å². The van der Waals surface area contributed by atoms with Crippen LogP contribution in [0.5, 0.6) is 17.2 Å². The number of halogens is 1. The molecular weight excluding hydrogens is 489 g/mol. The molecule has 2 aromatic heterocycles. The van der Waals surface area contributed by atoms with Crippen molar-refractivity contribution in [1.82, 2.24) is 24.5 Å². The second kappa shape index (κ2) is 10.6. The Morgan fingerprint density at radius 3 is 2.37 bits per heavy atom. The van der Waals surface area contributed by atoms with E-state index in [2.05, 4.69) is 25.6 Å². The van der Waals surface area contributed by atoms with Crippen LogP contribution in [0, 0.1) is 12.7 Å². The number of nitrogens with one attached hydrogen (secondary N) is 2. The molecular formula is C27H26FN7O3. The first-order chi connectivity index (χ1) is 18.5. The lowest BCUT2D eigenvalue weighted by molar-refractivity contribution is 0.324. The monoisotopic (exact) mass is 515 g/mol. The molecule has 0 saturated heterocycles. The molecule has 0 spiro atoms. The van der Waals surface area contributed by atoms with Crippen LogP contribution < -0.4 is 24.8 Å². The molecule has 0 aliphatic rings. The van der Waals surface area contributed by atoms with Crippen LogP contribution in [0.3, 0.4) is 0 Å². The minimum Gasteiger partial charge on any atom is -0.493 e. The molecule has 0 bridgehead atoms. The Morgan fingerprint density at radius 2 is 1.66 bits per heavy atom. The van der Waals surface area contributed by atoms with Crippen LogP contribution in [0.4, 0.5) is 22.0 Å². The summed E-state index contributed by atoms with van der Waals surface area (Å²) in [5.41, 5.74) is 3.52. The van der Waals surface area contributed by atoms with Crippen molar-refractivity contribution in [3.05, 3.63) is 77.9 Å². The Kier molecular flexibility index (Phi) is 6.90. The third-order valence-electron chi connectivity index (χ3n) is 5.89. The summed E-state index contributed by atoms with van der Waals surface area (Å²) in [7, 11) is 4.63. The highest BCUT2D eigenvalue weighted by molar-refractivity contribution is 5.80. The fraction of sp³-hybridized carbons (Fsp3) is 0.185. The zero-order valence-electron chi connectivity index (χ0n) is 21.3. The predicted molar refractivity (Wildman–Crippen MR) is 142 cm³/mol. The second-order valence-corrected chi connectivity index (χ2v) is 8.36. The van der Waals surface area contributed by atoms with Crippen LogP contribution in [-0.2, 0) is 6.54 Å². The quantitative estimate of drug-likeness (QED) is 0.279. The number of ether oxygens (including phenoxy) is 3. The summed E-state index contributed by atoms with van der Waals surface area (Å²) in [6, 6.07) is 16.2. The van der Waals surface area contributed by atoms with Crippen molar-refractivity contribution in [2.75, 3.05) is 32.0 Å². The largest absolute Gasteiger partial charge is 0.493 e. The van der Waals surface area contributed by atoms with Gasteiger partial charge in [0, 0.05) is 29.9 Å². The number of imidazole rings is 1. The van der Waals surface area contributed by atoms with Crippen molar-refractivity contribution in [2.45, 2.75) is 13.5 Å². The van der Waals surface area contributed by atoms with Crippen LogP contribution in [0.1, 0.15) is 11.1 Å². The molecule has 5 rings (SSSR count). The number of hydrogen-bond acceptors (Lipinski definition) is 9. The Hall–Kier alpha value is -4.93. The number of aryl methyl sites for hydroxylation is 1. The molecule has 0 fully saturated rings. The molecule has 0 saturated carbocycles. The van der Waals surface area contributed by atoms with Crippen molar-refractivity contribution >= 4 is 28.6 Å². The van der Waals surface area contributed by atoms with E-state index in [0.717, 1.165) is 16.6 Å². The first kappa shape index (κ1) is 24.8. The zero-order chi connectivity index (χ0) is 26.6. The van der Waals surface area contributed by atoms with E-state index in [9.17, 15) is 4.39 Å². The van der Waals surface area contributed by atoms with Crippen molar-refractivity contribution in [1.29, 1.82) is 0 Å². The first-order valence-electron chi connectivity index (χ1n) is 11.7. The zero-order valence-corrected chi connectivity index (χ0v) is 21.3. The predicted octanol–water partition coefficient (Wildman–Crippen LogP) is 5.04. The van der Waals surface area contributed by atoms with Crippen LogP contribution in [0.2, 0.25) is 0 Å². The molecule has 0 aliphatic heterocycles. The second-order valence-electron chi connectivity index (χ2n) is 8.36. The first-order valence-corrected chi connectivity index (χ1v) is 11.7. The van der Waals surface area contributed by atoms with Gasteiger partial charge in [0.15, 0.2) is 11.5 Å². The fourth-order valence-corrected chi connectivity index (χ4v) is 4.05. The summed E-state index contributed by atoms with van der Waals surface area (Å²) >= 11 is 0. The van der Waals surface area contributed by atoms with Gasteiger partial charge in [0.25, 0.3) is 0 Å². The number of nitrogens with zero attached hydrogens (tertiary/aromatic N) is 5. The highest BCUT2D eigenvalue weighted by Crippen LogP contribution is 2.40. The number of fused-ring (bicyclic) bond motifs is 1. The lowest BCUT2D eigenvalue weighted by Crippen LogP contribution is -2.11. The standard InChI is InChI=1S/C27H26FN7O3/c1-16-9-10-17(19(28)11-16)14-29-26-33-20-7-5-6-8-21(20)35(26)27-31-15-30-25(34-27)32-18-12-22(36-2)24(38-4)23(13-18)37-3/h5-13,15H,14H2,1-4H3,(H,29,33)(H,30,31,32,34). The molecule has 2 N–H and O–H groups in total. The topological polar surface area (TPSA) is 108 Å². The summed E-state index contributed by atoms with van der Waals surface area (Å²) in [6.45, 7) is 2.08. The highest BCUT2D eigenvalue weighted by atomic mass is 19.1. The molecule has 10 nitrogen and oxygen atoms in total. The number of methoxy groups -OCH3 is 3. The molecule has 0 atom stereocenters. The number of rotatable bonds is 9. The lowest BCUT2D eigenvalue weighted by atomic mass is 10.1. The van der Waals surface area contributed by atoms with Crippen LogP contribution >= 0.6 is 0 Å². The normalized spacial score (nSPS) is 10.9. The molecule has 0 unspecified atom stereocenters. The van der Waals surface area contributed by atoms with Gasteiger partial charge in [-0.05, 0) is 30.7 Å². The van der Waals surface area contributed by atoms with Gasteiger partial charge in [-0.2, -0.15) is 4.98 Å².